The van der Waals surface area contributed by atoms with Crippen LogP contribution in [0, 0.1) is 0 Å². The summed E-state index contributed by atoms with van der Waals surface area (Å²) in [6.07, 6.45) is 60.0. The van der Waals surface area contributed by atoms with Gasteiger partial charge in [0.2, 0.25) is 5.91 Å². The number of aliphatic hydroxyl groups is 2. The summed E-state index contributed by atoms with van der Waals surface area (Å²) in [6.45, 7) is 4.06. The lowest BCUT2D eigenvalue weighted by Gasteiger charge is -2.19. The fourth-order valence-corrected chi connectivity index (χ4v) is 5.70. The van der Waals surface area contributed by atoms with Gasteiger partial charge in [0.25, 0.3) is 0 Å². The van der Waals surface area contributed by atoms with Crippen LogP contribution in [-0.2, 0) is 4.79 Å². The van der Waals surface area contributed by atoms with Gasteiger partial charge in [0.05, 0.1) is 18.8 Å². The van der Waals surface area contributed by atoms with Gasteiger partial charge < -0.3 is 15.5 Å². The quantitative estimate of drug-likeness (QED) is 0.0452. The minimum atomic E-state index is -0.861. The fourth-order valence-electron chi connectivity index (χ4n) is 5.70. The molecular formula is C46H79NO3. The zero-order valence-electron chi connectivity index (χ0n) is 32.6. The van der Waals surface area contributed by atoms with Gasteiger partial charge in [-0.25, -0.2) is 0 Å². The Morgan fingerprint density at radius 2 is 0.900 bits per heavy atom. The van der Waals surface area contributed by atoms with Gasteiger partial charge in [-0.15, -0.1) is 0 Å². The summed E-state index contributed by atoms with van der Waals surface area (Å²) >= 11 is 0. The Morgan fingerprint density at radius 3 is 1.38 bits per heavy atom. The summed E-state index contributed by atoms with van der Waals surface area (Å²) in [5.74, 6) is -0.0830. The van der Waals surface area contributed by atoms with Crippen molar-refractivity contribution >= 4 is 5.91 Å². The largest absolute Gasteiger partial charge is 0.394 e. The number of nitrogens with one attached hydrogen (secondary N) is 1. The van der Waals surface area contributed by atoms with Crippen molar-refractivity contribution in [3.05, 3.63) is 85.1 Å². The molecule has 0 bridgehead atoms. The Labute approximate surface area is 310 Å². The van der Waals surface area contributed by atoms with Crippen LogP contribution in [0.3, 0.4) is 0 Å². The first kappa shape index (κ1) is 47.6. The van der Waals surface area contributed by atoms with E-state index in [4.69, 9.17) is 0 Å². The van der Waals surface area contributed by atoms with Crippen molar-refractivity contribution in [2.24, 2.45) is 0 Å². The van der Waals surface area contributed by atoms with E-state index in [-0.39, 0.29) is 12.5 Å². The topological polar surface area (TPSA) is 69.6 Å². The molecular weight excluding hydrogens is 615 g/mol. The highest BCUT2D eigenvalue weighted by molar-refractivity contribution is 5.76. The zero-order chi connectivity index (χ0) is 36.4. The molecule has 0 aromatic rings. The van der Waals surface area contributed by atoms with Crippen molar-refractivity contribution in [2.75, 3.05) is 6.61 Å². The van der Waals surface area contributed by atoms with Crippen LogP contribution in [0.4, 0.5) is 0 Å². The van der Waals surface area contributed by atoms with Gasteiger partial charge >= 0.3 is 0 Å². The van der Waals surface area contributed by atoms with E-state index in [9.17, 15) is 15.0 Å². The average Bonchev–Trinajstić information content (AvgIpc) is 3.12. The second kappa shape index (κ2) is 41.0. The summed E-state index contributed by atoms with van der Waals surface area (Å²) in [4.78, 5) is 12.3. The smallest absolute Gasteiger partial charge is 0.220 e. The molecule has 2 atom stereocenters. The van der Waals surface area contributed by atoms with Gasteiger partial charge in [0.1, 0.15) is 0 Å². The van der Waals surface area contributed by atoms with E-state index >= 15 is 0 Å². The third kappa shape index (κ3) is 36.8. The molecule has 0 aliphatic carbocycles. The number of unbranched alkanes of at least 4 members (excludes halogenated alkanes) is 17. The molecule has 0 aromatic carbocycles. The number of carbonyl (C=O) groups is 1. The van der Waals surface area contributed by atoms with Gasteiger partial charge in [-0.3, -0.25) is 4.79 Å². The predicted octanol–water partition coefficient (Wildman–Crippen LogP) is 12.9. The van der Waals surface area contributed by atoms with E-state index in [1.807, 2.05) is 6.08 Å². The molecule has 0 heterocycles. The molecule has 0 fully saturated rings. The maximum absolute atomic E-state index is 12.3. The van der Waals surface area contributed by atoms with E-state index in [0.29, 0.717) is 6.42 Å². The van der Waals surface area contributed by atoms with Crippen LogP contribution in [0.15, 0.2) is 85.1 Å². The van der Waals surface area contributed by atoms with Crippen LogP contribution in [0.5, 0.6) is 0 Å². The highest BCUT2D eigenvalue weighted by Crippen LogP contribution is 2.14. The zero-order valence-corrected chi connectivity index (χ0v) is 32.6. The summed E-state index contributed by atoms with van der Waals surface area (Å²) < 4.78 is 0. The summed E-state index contributed by atoms with van der Waals surface area (Å²) in [6, 6.07) is -0.639. The lowest BCUT2D eigenvalue weighted by Crippen LogP contribution is -2.45. The number of amides is 1. The Kier molecular flexibility index (Phi) is 39.0. The van der Waals surface area contributed by atoms with Gasteiger partial charge in [-0.05, 0) is 70.6 Å². The molecule has 0 saturated heterocycles. The van der Waals surface area contributed by atoms with Crippen molar-refractivity contribution in [2.45, 2.75) is 193 Å². The molecule has 4 nitrogen and oxygen atoms in total. The van der Waals surface area contributed by atoms with Gasteiger partial charge in [0.15, 0.2) is 0 Å². The molecule has 0 spiro atoms. The minimum Gasteiger partial charge on any atom is -0.394 e. The minimum absolute atomic E-state index is 0.0830. The molecule has 0 aromatic heterocycles. The number of hydrogen-bond acceptors (Lipinski definition) is 3. The number of rotatable bonds is 36. The van der Waals surface area contributed by atoms with E-state index in [1.165, 1.54) is 89.9 Å². The molecule has 0 saturated carbocycles. The molecule has 0 rings (SSSR count). The molecule has 286 valence electrons. The third-order valence-corrected chi connectivity index (χ3v) is 8.84. The lowest BCUT2D eigenvalue weighted by molar-refractivity contribution is -0.123. The van der Waals surface area contributed by atoms with E-state index in [2.05, 4.69) is 92.1 Å². The van der Waals surface area contributed by atoms with Crippen LogP contribution < -0.4 is 5.32 Å². The van der Waals surface area contributed by atoms with Crippen LogP contribution in [-0.4, -0.2) is 34.9 Å². The molecule has 4 heteroatoms. The normalized spacial score (nSPS) is 13.9. The predicted molar refractivity (Wildman–Crippen MR) is 220 cm³/mol. The van der Waals surface area contributed by atoms with Gasteiger partial charge in [0, 0.05) is 6.42 Å². The van der Waals surface area contributed by atoms with E-state index in [0.717, 1.165) is 70.6 Å². The molecule has 3 N–H and O–H groups in total. The standard InChI is InChI=1S/C46H79NO3/c1-3-5-7-9-11-12-13-14-15-16-17-18-19-20-21-22-23-24-25-26-27-28-29-30-31-32-33-34-36-38-40-42-46(50)47-44(43-48)45(49)41-39-37-35-10-8-6-4-2/h5,7-8,10-12,14-15,17-18,20-21,39,41,44-45,48-49H,3-4,6,9,13,16,19,22-38,40,42-43H2,1-2H3,(H,47,50)/b7-5-,10-8+,12-11-,15-14-,18-17-,21-20-,41-39+. The van der Waals surface area contributed by atoms with Crippen molar-refractivity contribution < 1.29 is 15.0 Å². The van der Waals surface area contributed by atoms with Crippen molar-refractivity contribution in [1.82, 2.24) is 5.32 Å². The first-order valence-corrected chi connectivity index (χ1v) is 20.8. The molecule has 50 heavy (non-hydrogen) atoms. The monoisotopic (exact) mass is 694 g/mol. The Hall–Kier alpha value is -2.43. The van der Waals surface area contributed by atoms with Crippen LogP contribution in [0.1, 0.15) is 181 Å². The van der Waals surface area contributed by atoms with E-state index in [1.54, 1.807) is 6.08 Å². The summed E-state index contributed by atoms with van der Waals surface area (Å²) in [7, 11) is 0. The first-order valence-electron chi connectivity index (χ1n) is 20.8. The second-order valence-electron chi connectivity index (χ2n) is 13.7. The molecule has 0 aliphatic rings. The maximum atomic E-state index is 12.3. The Bertz CT molecular complexity index is 926. The van der Waals surface area contributed by atoms with Crippen LogP contribution >= 0.6 is 0 Å². The fraction of sp³-hybridized carbons (Fsp3) is 0.674. The van der Waals surface area contributed by atoms with Crippen LogP contribution in [0.2, 0.25) is 0 Å². The Morgan fingerprint density at radius 1 is 0.500 bits per heavy atom. The number of aliphatic hydroxyl groups excluding tert-OH is 2. The summed E-state index contributed by atoms with van der Waals surface area (Å²) in [5, 5.41) is 22.7. The van der Waals surface area contributed by atoms with E-state index < -0.39 is 12.1 Å². The average molecular weight is 694 g/mol. The molecule has 2 unspecified atom stereocenters. The lowest BCUT2D eigenvalue weighted by atomic mass is 10.0. The second-order valence-corrected chi connectivity index (χ2v) is 13.7. The van der Waals surface area contributed by atoms with Crippen molar-refractivity contribution in [1.29, 1.82) is 0 Å². The van der Waals surface area contributed by atoms with Crippen molar-refractivity contribution in [3.63, 3.8) is 0 Å². The van der Waals surface area contributed by atoms with Gasteiger partial charge in [-0.2, -0.15) is 0 Å². The Balaban J connectivity index is 3.49. The maximum Gasteiger partial charge on any atom is 0.220 e. The first-order chi connectivity index (χ1) is 24.7. The van der Waals surface area contributed by atoms with Crippen LogP contribution in [0.25, 0.3) is 0 Å². The molecule has 0 radical (unpaired) electrons. The SMILES string of the molecule is CC/C=C\C/C=C\C/C=C\C/C=C\C/C=C\CCCCCCCCCCCCCCCCCC(=O)NC(CO)C(O)/C=C/CC/C=C/CCC. The van der Waals surface area contributed by atoms with Crippen molar-refractivity contribution in [3.8, 4) is 0 Å². The number of carbonyl (C=O) groups excluding carboxylic acids is 1. The molecule has 1 amide bonds. The third-order valence-electron chi connectivity index (χ3n) is 8.84. The highest BCUT2D eigenvalue weighted by Gasteiger charge is 2.17. The highest BCUT2D eigenvalue weighted by atomic mass is 16.3. The number of hydrogen-bond donors (Lipinski definition) is 3. The van der Waals surface area contributed by atoms with Gasteiger partial charge in [-0.1, -0.05) is 189 Å². The molecule has 0 aliphatic heterocycles. The number of allylic oxidation sites excluding steroid dienone is 13. The summed E-state index contributed by atoms with van der Waals surface area (Å²) in [5.41, 5.74) is 0.